The molecule has 0 spiro atoms. The summed E-state index contributed by atoms with van der Waals surface area (Å²) < 4.78 is 31.7. The molecule has 1 aromatic carbocycles. The Kier molecular flexibility index (Phi) is 4.70. The lowest BCUT2D eigenvalue weighted by atomic mass is 10.1. The molecule has 2 unspecified atom stereocenters. The molecule has 2 fully saturated rings. The van der Waals surface area contributed by atoms with Crippen molar-refractivity contribution in [3.05, 3.63) is 35.4 Å². The number of fused-ring (bicyclic) bond motifs is 2. The lowest BCUT2D eigenvalue weighted by Crippen LogP contribution is -2.39. The molecule has 1 N–H and O–H groups in total. The molecule has 2 atom stereocenters. The third-order valence-corrected chi connectivity index (χ3v) is 6.39. The highest BCUT2D eigenvalue weighted by Crippen LogP contribution is 2.23. The number of carbonyl (C=O) groups excluding carboxylic acids is 1. The minimum absolute atomic E-state index is 0.0881. The van der Waals surface area contributed by atoms with Gasteiger partial charge in [-0.25, -0.2) is 17.5 Å². The lowest BCUT2D eigenvalue weighted by Gasteiger charge is -2.23. The van der Waals surface area contributed by atoms with Gasteiger partial charge < -0.3 is 10.1 Å². The predicted octanol–water partition coefficient (Wildman–Crippen LogP) is 1.13. The van der Waals surface area contributed by atoms with Crippen molar-refractivity contribution in [1.82, 2.24) is 9.62 Å². The van der Waals surface area contributed by atoms with E-state index < -0.39 is 16.0 Å². The third kappa shape index (κ3) is 3.73. The molecule has 126 valence electrons. The summed E-state index contributed by atoms with van der Waals surface area (Å²) in [6.07, 6.45) is 3.03. The van der Waals surface area contributed by atoms with Crippen molar-refractivity contribution in [2.24, 2.45) is 0 Å². The average molecular weight is 338 g/mol. The number of rotatable bonds is 4. The zero-order valence-corrected chi connectivity index (χ0v) is 14.0. The molecular formula is C16H22N2O4S. The van der Waals surface area contributed by atoms with Crippen molar-refractivity contribution in [1.29, 1.82) is 0 Å². The van der Waals surface area contributed by atoms with Crippen LogP contribution in [0.5, 0.6) is 0 Å². The molecule has 23 heavy (non-hydrogen) atoms. The normalized spacial score (nSPS) is 25.1. The van der Waals surface area contributed by atoms with Crippen LogP contribution in [0.25, 0.3) is 0 Å². The fourth-order valence-corrected chi connectivity index (χ4v) is 4.95. The number of hydrogen-bond acceptors (Lipinski definition) is 5. The second-order valence-electron chi connectivity index (χ2n) is 6.23. The highest BCUT2D eigenvalue weighted by Gasteiger charge is 2.34. The largest absolute Gasteiger partial charge is 0.465 e. The zero-order valence-electron chi connectivity index (χ0n) is 13.2. The Morgan fingerprint density at radius 3 is 2.87 bits per heavy atom. The maximum absolute atomic E-state index is 12.7. The molecule has 0 amide bonds. The number of nitrogens with zero attached hydrogens (tertiary/aromatic N) is 1. The molecule has 0 aromatic heterocycles. The molecule has 2 bridgehead atoms. The highest BCUT2D eigenvalue weighted by atomic mass is 32.2. The van der Waals surface area contributed by atoms with Crippen LogP contribution in [-0.4, -0.2) is 51.0 Å². The van der Waals surface area contributed by atoms with Gasteiger partial charge in [0.25, 0.3) is 0 Å². The Hall–Kier alpha value is -1.44. The van der Waals surface area contributed by atoms with Crippen molar-refractivity contribution < 1.29 is 17.9 Å². The summed E-state index contributed by atoms with van der Waals surface area (Å²) in [6, 6.07) is 7.33. The zero-order chi connectivity index (χ0) is 16.4. The van der Waals surface area contributed by atoms with Crippen LogP contribution in [0.3, 0.4) is 0 Å². The van der Waals surface area contributed by atoms with Gasteiger partial charge in [-0.05, 0) is 37.0 Å². The van der Waals surface area contributed by atoms with Crippen LogP contribution in [-0.2, 0) is 20.5 Å². The topological polar surface area (TPSA) is 75.7 Å². The maximum Gasteiger partial charge on any atom is 0.337 e. The standard InChI is InChI=1S/C16H22N2O4S/c1-22-16(19)13-4-2-3-12(9-13)11-23(20,21)18-8-7-14-5-6-15(10-18)17-14/h2-4,9,14-15,17H,5-8,10-11H2,1H3. The number of hydrogen-bond donors (Lipinski definition) is 1. The van der Waals surface area contributed by atoms with E-state index in [9.17, 15) is 13.2 Å². The Morgan fingerprint density at radius 2 is 2.09 bits per heavy atom. The molecule has 2 aliphatic rings. The van der Waals surface area contributed by atoms with E-state index in [4.69, 9.17) is 0 Å². The first-order valence-corrected chi connectivity index (χ1v) is 9.50. The van der Waals surface area contributed by atoms with Gasteiger partial charge in [0.1, 0.15) is 0 Å². The summed E-state index contributed by atoms with van der Waals surface area (Å²) in [5.41, 5.74) is 0.979. The summed E-state index contributed by atoms with van der Waals surface area (Å²) >= 11 is 0. The van der Waals surface area contributed by atoms with Crippen LogP contribution < -0.4 is 5.32 Å². The average Bonchev–Trinajstić information content (AvgIpc) is 2.84. The SMILES string of the molecule is COC(=O)c1cccc(CS(=O)(=O)N2CCC3CCC(C2)N3)c1. The van der Waals surface area contributed by atoms with Crippen LogP contribution in [0.2, 0.25) is 0 Å². The van der Waals surface area contributed by atoms with E-state index in [1.54, 1.807) is 28.6 Å². The van der Waals surface area contributed by atoms with Crippen LogP contribution >= 0.6 is 0 Å². The minimum Gasteiger partial charge on any atom is -0.465 e. The molecule has 1 aromatic rings. The molecular weight excluding hydrogens is 316 g/mol. The van der Waals surface area contributed by atoms with Crippen molar-refractivity contribution in [3.63, 3.8) is 0 Å². The van der Waals surface area contributed by atoms with E-state index in [1.807, 2.05) is 0 Å². The number of carbonyl (C=O) groups is 1. The summed E-state index contributed by atoms with van der Waals surface area (Å²) in [4.78, 5) is 11.6. The first-order valence-electron chi connectivity index (χ1n) is 7.89. The molecule has 6 nitrogen and oxygen atoms in total. The van der Waals surface area contributed by atoms with E-state index in [0.29, 0.717) is 30.3 Å². The first-order chi connectivity index (χ1) is 11.0. The van der Waals surface area contributed by atoms with Crippen LogP contribution in [0.4, 0.5) is 0 Å². The van der Waals surface area contributed by atoms with Gasteiger partial charge in [-0.1, -0.05) is 12.1 Å². The summed E-state index contributed by atoms with van der Waals surface area (Å²) in [5.74, 6) is -0.546. The Bertz CT molecular complexity index is 689. The maximum atomic E-state index is 12.7. The van der Waals surface area contributed by atoms with E-state index in [2.05, 4.69) is 10.1 Å². The second-order valence-corrected chi connectivity index (χ2v) is 8.20. The fourth-order valence-electron chi connectivity index (χ4n) is 3.37. The molecule has 0 aliphatic carbocycles. The minimum atomic E-state index is -3.39. The number of benzene rings is 1. The Balaban J connectivity index is 1.74. The Morgan fingerprint density at radius 1 is 1.30 bits per heavy atom. The summed E-state index contributed by atoms with van der Waals surface area (Å²) in [5, 5.41) is 3.48. The number of ether oxygens (including phenoxy) is 1. The van der Waals surface area contributed by atoms with Gasteiger partial charge in [0.2, 0.25) is 10.0 Å². The number of sulfonamides is 1. The monoisotopic (exact) mass is 338 g/mol. The van der Waals surface area contributed by atoms with E-state index in [1.165, 1.54) is 7.11 Å². The molecule has 0 saturated carbocycles. The van der Waals surface area contributed by atoms with Gasteiger partial charge in [-0.3, -0.25) is 0 Å². The van der Waals surface area contributed by atoms with Gasteiger partial charge in [0.15, 0.2) is 0 Å². The van der Waals surface area contributed by atoms with E-state index >= 15 is 0 Å². The third-order valence-electron chi connectivity index (χ3n) is 4.58. The molecule has 2 saturated heterocycles. The fraction of sp³-hybridized carbons (Fsp3) is 0.562. The van der Waals surface area contributed by atoms with Crippen molar-refractivity contribution in [3.8, 4) is 0 Å². The molecule has 2 aliphatic heterocycles. The summed E-state index contributed by atoms with van der Waals surface area (Å²) in [6.45, 7) is 1.10. The quantitative estimate of drug-likeness (QED) is 0.833. The van der Waals surface area contributed by atoms with E-state index in [0.717, 1.165) is 19.3 Å². The van der Waals surface area contributed by atoms with Crippen molar-refractivity contribution >= 4 is 16.0 Å². The van der Waals surface area contributed by atoms with Gasteiger partial charge in [0, 0.05) is 25.2 Å². The van der Waals surface area contributed by atoms with Crippen LogP contribution in [0.15, 0.2) is 24.3 Å². The molecule has 3 rings (SSSR count). The predicted molar refractivity (Wildman–Crippen MR) is 86.5 cm³/mol. The molecule has 2 heterocycles. The van der Waals surface area contributed by atoms with Gasteiger partial charge in [-0.15, -0.1) is 0 Å². The van der Waals surface area contributed by atoms with Crippen molar-refractivity contribution in [2.75, 3.05) is 20.2 Å². The van der Waals surface area contributed by atoms with E-state index in [-0.39, 0.29) is 11.8 Å². The van der Waals surface area contributed by atoms with Crippen LogP contribution in [0.1, 0.15) is 35.2 Å². The van der Waals surface area contributed by atoms with Crippen LogP contribution in [0, 0.1) is 0 Å². The molecule has 0 radical (unpaired) electrons. The van der Waals surface area contributed by atoms with Gasteiger partial charge >= 0.3 is 5.97 Å². The lowest BCUT2D eigenvalue weighted by molar-refractivity contribution is 0.0600. The number of nitrogens with one attached hydrogen (secondary N) is 1. The van der Waals surface area contributed by atoms with Crippen molar-refractivity contribution in [2.45, 2.75) is 37.1 Å². The summed E-state index contributed by atoms with van der Waals surface area (Å²) in [7, 11) is -2.08. The highest BCUT2D eigenvalue weighted by molar-refractivity contribution is 7.88. The Labute approximate surface area is 136 Å². The second kappa shape index (κ2) is 6.59. The van der Waals surface area contributed by atoms with Gasteiger partial charge in [-0.2, -0.15) is 0 Å². The smallest absolute Gasteiger partial charge is 0.337 e. The molecule has 7 heteroatoms. The first kappa shape index (κ1) is 16.4. The number of methoxy groups -OCH3 is 1. The number of esters is 1. The van der Waals surface area contributed by atoms with Gasteiger partial charge in [0.05, 0.1) is 18.4 Å².